The van der Waals surface area contributed by atoms with Gasteiger partial charge in [-0.3, -0.25) is 14.9 Å². The minimum atomic E-state index is -1.10. The highest BCUT2D eigenvalue weighted by atomic mass is 16.6. The van der Waals surface area contributed by atoms with Crippen LogP contribution in [-0.2, 0) is 9.53 Å². The number of aromatic nitrogens is 2. The Morgan fingerprint density at radius 1 is 1.26 bits per heavy atom. The second kappa shape index (κ2) is 11.8. The van der Waals surface area contributed by atoms with Crippen LogP contribution in [0.3, 0.4) is 0 Å². The highest BCUT2D eigenvalue weighted by Gasteiger charge is 2.27. The van der Waals surface area contributed by atoms with E-state index < -0.39 is 22.7 Å². The lowest BCUT2D eigenvalue weighted by atomic mass is 9.88. The molecule has 1 fully saturated rings. The topological polar surface area (TPSA) is 135 Å². The molecule has 0 amide bonds. The number of para-hydroxylation sites is 1. The first-order valence-corrected chi connectivity index (χ1v) is 12.6. The largest absolute Gasteiger partial charge is 0.493 e. The van der Waals surface area contributed by atoms with Crippen molar-refractivity contribution in [2.75, 3.05) is 13.7 Å². The summed E-state index contributed by atoms with van der Waals surface area (Å²) in [7, 11) is 1.33. The molecule has 38 heavy (non-hydrogen) atoms. The van der Waals surface area contributed by atoms with Gasteiger partial charge in [0.25, 0.3) is 5.56 Å². The standard InChI is InChI=1S/C27H30N4O7/c1-4-37-27(33)17(2)38-24-22(31(34)35)14-18(15-23(24)36-3)16-28-30-25(19-10-6-5-7-11-19)29-21-13-9-8-12-20(21)26(30)32/h8-9,12-17,19H,4-7,10-11H2,1-3H3/t17-/m0/s1. The zero-order chi connectivity index (χ0) is 27.2. The Bertz CT molecular complexity index is 1430. The van der Waals surface area contributed by atoms with E-state index in [0.29, 0.717) is 22.3 Å². The minimum absolute atomic E-state index is 0.0354. The molecule has 11 nitrogen and oxygen atoms in total. The fourth-order valence-electron chi connectivity index (χ4n) is 4.57. The number of nitrogens with zero attached hydrogens (tertiary/aromatic N) is 4. The molecule has 1 aliphatic carbocycles. The third-order valence-corrected chi connectivity index (χ3v) is 6.46. The first-order valence-electron chi connectivity index (χ1n) is 12.6. The van der Waals surface area contributed by atoms with Crippen LogP contribution in [0.25, 0.3) is 10.9 Å². The average Bonchev–Trinajstić information content (AvgIpc) is 2.93. The van der Waals surface area contributed by atoms with Gasteiger partial charge in [0.1, 0.15) is 5.82 Å². The predicted octanol–water partition coefficient (Wildman–Crippen LogP) is 4.57. The van der Waals surface area contributed by atoms with Gasteiger partial charge in [-0.1, -0.05) is 31.4 Å². The Morgan fingerprint density at radius 3 is 2.68 bits per heavy atom. The summed E-state index contributed by atoms with van der Waals surface area (Å²) >= 11 is 0. The van der Waals surface area contributed by atoms with Crippen LogP contribution in [0.15, 0.2) is 46.3 Å². The number of ether oxygens (including phenoxy) is 3. The molecule has 1 atom stereocenters. The quantitative estimate of drug-likeness (QED) is 0.173. The summed E-state index contributed by atoms with van der Waals surface area (Å²) in [6.45, 7) is 3.23. The summed E-state index contributed by atoms with van der Waals surface area (Å²) in [5, 5.41) is 16.8. The maximum absolute atomic E-state index is 13.4. The minimum Gasteiger partial charge on any atom is -0.493 e. The Morgan fingerprint density at radius 2 is 2.00 bits per heavy atom. The van der Waals surface area contributed by atoms with Crippen LogP contribution in [0, 0.1) is 10.1 Å². The van der Waals surface area contributed by atoms with Gasteiger partial charge in [0, 0.05) is 17.5 Å². The normalized spacial score (nSPS) is 14.9. The predicted molar refractivity (Wildman–Crippen MR) is 141 cm³/mol. The van der Waals surface area contributed by atoms with Gasteiger partial charge >= 0.3 is 11.7 Å². The van der Waals surface area contributed by atoms with Gasteiger partial charge in [0.15, 0.2) is 11.9 Å². The van der Waals surface area contributed by atoms with Crippen LogP contribution < -0.4 is 15.0 Å². The van der Waals surface area contributed by atoms with Crippen molar-refractivity contribution in [3.63, 3.8) is 0 Å². The van der Waals surface area contributed by atoms with Gasteiger partial charge in [0.05, 0.1) is 35.8 Å². The van der Waals surface area contributed by atoms with E-state index in [1.54, 1.807) is 25.1 Å². The zero-order valence-corrected chi connectivity index (χ0v) is 21.6. The highest BCUT2D eigenvalue weighted by molar-refractivity contribution is 5.84. The number of fused-ring (bicyclic) bond motifs is 1. The third-order valence-electron chi connectivity index (χ3n) is 6.46. The third kappa shape index (κ3) is 5.66. The van der Waals surface area contributed by atoms with E-state index in [9.17, 15) is 19.7 Å². The van der Waals surface area contributed by atoms with Gasteiger partial charge in [-0.15, -0.1) is 0 Å². The molecule has 11 heteroatoms. The van der Waals surface area contributed by atoms with E-state index >= 15 is 0 Å². The number of hydrogen-bond donors (Lipinski definition) is 0. The number of esters is 1. The first-order chi connectivity index (χ1) is 18.3. The van der Waals surface area contributed by atoms with Crippen molar-refractivity contribution in [3.05, 3.63) is 68.3 Å². The summed E-state index contributed by atoms with van der Waals surface area (Å²) in [4.78, 5) is 41.5. The Balaban J connectivity index is 1.77. The molecule has 3 aromatic rings. The van der Waals surface area contributed by atoms with Crippen LogP contribution >= 0.6 is 0 Å². The van der Waals surface area contributed by atoms with Crippen molar-refractivity contribution in [3.8, 4) is 11.5 Å². The van der Waals surface area contributed by atoms with Gasteiger partial charge in [-0.2, -0.15) is 9.78 Å². The number of carbonyl (C=O) groups is 1. The maximum Gasteiger partial charge on any atom is 0.347 e. The van der Waals surface area contributed by atoms with E-state index in [4.69, 9.17) is 19.2 Å². The number of benzene rings is 2. The summed E-state index contributed by atoms with van der Waals surface area (Å²) < 4.78 is 17.1. The molecule has 1 heterocycles. The fraction of sp³-hybridized carbons (Fsp3) is 0.407. The van der Waals surface area contributed by atoms with Crippen LogP contribution in [0.1, 0.15) is 63.3 Å². The summed E-state index contributed by atoms with van der Waals surface area (Å²) in [6, 6.07) is 9.85. The first kappa shape index (κ1) is 26.8. The molecule has 200 valence electrons. The monoisotopic (exact) mass is 522 g/mol. The number of carbonyl (C=O) groups excluding carboxylic acids is 1. The van der Waals surface area contributed by atoms with Crippen molar-refractivity contribution < 1.29 is 23.9 Å². The lowest BCUT2D eigenvalue weighted by molar-refractivity contribution is -0.386. The summed E-state index contributed by atoms with van der Waals surface area (Å²) in [5.41, 5.74) is 0.189. The average molecular weight is 523 g/mol. The van der Waals surface area contributed by atoms with Crippen molar-refractivity contribution in [2.45, 2.75) is 58.0 Å². The molecule has 4 rings (SSSR count). The van der Waals surface area contributed by atoms with Crippen LogP contribution in [-0.4, -0.2) is 46.6 Å². The molecular formula is C27H30N4O7. The highest BCUT2D eigenvalue weighted by Crippen LogP contribution is 2.39. The Kier molecular flexibility index (Phi) is 8.35. The second-order valence-corrected chi connectivity index (χ2v) is 9.02. The zero-order valence-electron chi connectivity index (χ0n) is 21.6. The molecular weight excluding hydrogens is 492 g/mol. The number of methoxy groups -OCH3 is 1. The molecule has 0 unspecified atom stereocenters. The Labute approximate surface area is 219 Å². The number of rotatable bonds is 9. The van der Waals surface area contributed by atoms with E-state index in [-0.39, 0.29) is 29.6 Å². The lowest BCUT2D eigenvalue weighted by Crippen LogP contribution is -2.26. The van der Waals surface area contributed by atoms with Crippen LogP contribution in [0.2, 0.25) is 0 Å². The molecule has 0 bridgehead atoms. The SMILES string of the molecule is CCOC(=O)[C@H](C)Oc1c(OC)cc(C=Nn2c(C3CCCCC3)nc3ccccc3c2=O)cc1[N+](=O)[O-]. The van der Waals surface area contributed by atoms with Gasteiger partial charge < -0.3 is 14.2 Å². The molecule has 2 aromatic carbocycles. The Hall–Kier alpha value is -4.28. The molecule has 1 aliphatic rings. The van der Waals surface area contributed by atoms with Gasteiger partial charge in [0.2, 0.25) is 5.75 Å². The van der Waals surface area contributed by atoms with Crippen LogP contribution in [0.5, 0.6) is 11.5 Å². The maximum atomic E-state index is 13.4. The molecule has 0 spiro atoms. The number of nitro groups is 1. The molecule has 1 saturated carbocycles. The smallest absolute Gasteiger partial charge is 0.347 e. The van der Waals surface area contributed by atoms with E-state index in [2.05, 4.69) is 5.10 Å². The summed E-state index contributed by atoms with van der Waals surface area (Å²) in [5.74, 6) is -0.166. The lowest BCUT2D eigenvalue weighted by Gasteiger charge is -2.22. The number of nitro benzene ring substituents is 1. The molecule has 0 radical (unpaired) electrons. The fourth-order valence-corrected chi connectivity index (χ4v) is 4.57. The van der Waals surface area contributed by atoms with E-state index in [0.717, 1.165) is 32.1 Å². The summed E-state index contributed by atoms with van der Waals surface area (Å²) in [6.07, 6.45) is 5.32. The van der Waals surface area contributed by atoms with Crippen molar-refractivity contribution >= 4 is 28.8 Å². The van der Waals surface area contributed by atoms with Gasteiger partial charge in [-0.05, 0) is 44.9 Å². The molecule has 0 saturated heterocycles. The molecule has 1 aromatic heterocycles. The van der Waals surface area contributed by atoms with Crippen molar-refractivity contribution in [2.24, 2.45) is 5.10 Å². The van der Waals surface area contributed by atoms with Crippen molar-refractivity contribution in [1.29, 1.82) is 0 Å². The number of hydrogen-bond acceptors (Lipinski definition) is 9. The second-order valence-electron chi connectivity index (χ2n) is 9.02. The van der Waals surface area contributed by atoms with Crippen LogP contribution in [0.4, 0.5) is 5.69 Å². The van der Waals surface area contributed by atoms with E-state index in [1.165, 1.54) is 37.1 Å². The van der Waals surface area contributed by atoms with Crippen molar-refractivity contribution in [1.82, 2.24) is 9.66 Å². The van der Waals surface area contributed by atoms with Gasteiger partial charge in [-0.25, -0.2) is 9.78 Å². The molecule has 0 N–H and O–H groups in total. The molecule has 0 aliphatic heterocycles. The van der Waals surface area contributed by atoms with E-state index in [1.807, 2.05) is 6.07 Å².